The Bertz CT molecular complexity index is 1210. The second-order valence-electron chi connectivity index (χ2n) is 6.19. The first-order valence-electron chi connectivity index (χ1n) is 8.45. The highest BCUT2D eigenvalue weighted by Gasteiger charge is 2.12. The van der Waals surface area contributed by atoms with Gasteiger partial charge in [-0.05, 0) is 58.0 Å². The maximum atomic E-state index is 12.4. The Kier molecular flexibility index (Phi) is 4.95. The van der Waals surface area contributed by atoms with Gasteiger partial charge in [-0.25, -0.2) is 9.78 Å². The van der Waals surface area contributed by atoms with Gasteiger partial charge in [0.1, 0.15) is 24.0 Å². The van der Waals surface area contributed by atoms with Crippen molar-refractivity contribution in [3.8, 4) is 16.9 Å². The third kappa shape index (κ3) is 3.68. The molecule has 8 heteroatoms. The number of hydrogen-bond acceptors (Lipinski definition) is 5. The van der Waals surface area contributed by atoms with E-state index in [4.69, 9.17) is 4.74 Å². The molecule has 0 aliphatic carbocycles. The van der Waals surface area contributed by atoms with E-state index in [1.807, 2.05) is 36.4 Å². The molecule has 0 atom stereocenters. The highest BCUT2D eigenvalue weighted by atomic mass is 127. The molecule has 4 rings (SSSR count). The first-order chi connectivity index (χ1) is 13.5. The monoisotopic (exact) mass is 486 g/mol. The fourth-order valence-electron chi connectivity index (χ4n) is 2.84. The van der Waals surface area contributed by atoms with Crippen LogP contribution in [0, 0.1) is 3.57 Å². The quantitative estimate of drug-likeness (QED) is 0.252. The fraction of sp³-hybridized carbons (Fsp3) is 0.100. The molecule has 0 amide bonds. The summed E-state index contributed by atoms with van der Waals surface area (Å²) in [7, 11) is 1.70. The van der Waals surface area contributed by atoms with Crippen LogP contribution in [0.2, 0.25) is 0 Å². The van der Waals surface area contributed by atoms with Crippen molar-refractivity contribution in [2.24, 2.45) is 7.05 Å². The van der Waals surface area contributed by atoms with Gasteiger partial charge in [-0.2, -0.15) is 5.10 Å². The third-order valence-electron chi connectivity index (χ3n) is 4.28. The van der Waals surface area contributed by atoms with Crippen LogP contribution in [-0.2, 0) is 18.4 Å². The van der Waals surface area contributed by atoms with Crippen LogP contribution in [0.5, 0.6) is 5.75 Å². The van der Waals surface area contributed by atoms with Crippen LogP contribution < -0.4 is 10.3 Å². The molecular weight excluding hydrogens is 471 g/mol. The first-order valence-corrected chi connectivity index (χ1v) is 9.53. The Morgan fingerprint density at radius 1 is 1.07 bits per heavy atom. The number of carbonyl (C=O) groups is 1. The van der Waals surface area contributed by atoms with Gasteiger partial charge in [0.15, 0.2) is 5.65 Å². The van der Waals surface area contributed by atoms with E-state index in [-0.39, 0.29) is 12.1 Å². The number of aromatic nitrogens is 4. The Morgan fingerprint density at radius 3 is 2.39 bits per heavy atom. The van der Waals surface area contributed by atoms with E-state index >= 15 is 0 Å². The first kappa shape index (κ1) is 18.4. The summed E-state index contributed by atoms with van der Waals surface area (Å²) in [6, 6.07) is 15.4. The lowest BCUT2D eigenvalue weighted by atomic mass is 10.1. The lowest BCUT2D eigenvalue weighted by Gasteiger charge is -2.08. The number of halogens is 1. The topological polar surface area (TPSA) is 79.0 Å². The van der Waals surface area contributed by atoms with Crippen LogP contribution in [0.15, 0.2) is 65.8 Å². The maximum Gasteiger partial charge on any atom is 0.331 e. The highest BCUT2D eigenvalue weighted by Crippen LogP contribution is 2.23. The highest BCUT2D eigenvalue weighted by molar-refractivity contribution is 14.1. The van der Waals surface area contributed by atoms with Gasteiger partial charge >= 0.3 is 5.97 Å². The Hall–Kier alpha value is -3.01. The van der Waals surface area contributed by atoms with E-state index in [1.54, 1.807) is 19.2 Å². The predicted octanol–water partition coefficient (Wildman–Crippen LogP) is 3.01. The summed E-state index contributed by atoms with van der Waals surface area (Å²) in [5, 5.41) is 4.37. The van der Waals surface area contributed by atoms with Crippen LogP contribution in [-0.4, -0.2) is 25.3 Å². The maximum absolute atomic E-state index is 12.4. The summed E-state index contributed by atoms with van der Waals surface area (Å²) in [6.07, 6.45) is 2.77. The summed E-state index contributed by atoms with van der Waals surface area (Å²) >= 11 is 2.26. The lowest BCUT2D eigenvalue weighted by molar-refractivity contribution is -0.135. The molecule has 4 aromatic rings. The zero-order chi connectivity index (χ0) is 19.7. The second-order valence-corrected chi connectivity index (χ2v) is 7.43. The number of ether oxygens (including phenoxy) is 1. The van der Waals surface area contributed by atoms with Crippen molar-refractivity contribution < 1.29 is 9.53 Å². The van der Waals surface area contributed by atoms with Gasteiger partial charge in [-0.3, -0.25) is 14.0 Å². The molecule has 7 nitrogen and oxygen atoms in total. The minimum absolute atomic E-state index is 0.227. The van der Waals surface area contributed by atoms with Gasteiger partial charge in [0, 0.05) is 10.6 Å². The molecule has 28 heavy (non-hydrogen) atoms. The standard InChI is InChI=1S/C20H15IN4O3/c1-24-19-17(10-23-24)20(27)25(12-22-19)11-18(26)28-16-8-4-14(5-9-16)13-2-6-15(21)7-3-13/h2-10,12H,11H2,1H3. The van der Waals surface area contributed by atoms with Crippen LogP contribution in [0.4, 0.5) is 0 Å². The van der Waals surface area contributed by atoms with Gasteiger partial charge in [0.25, 0.3) is 5.56 Å². The number of rotatable bonds is 4. The number of nitrogens with zero attached hydrogens (tertiary/aromatic N) is 4. The van der Waals surface area contributed by atoms with Crippen molar-refractivity contribution in [1.82, 2.24) is 19.3 Å². The van der Waals surface area contributed by atoms with Crippen LogP contribution in [0.3, 0.4) is 0 Å². The van der Waals surface area contributed by atoms with E-state index in [9.17, 15) is 9.59 Å². The molecular formula is C20H15IN4O3. The van der Waals surface area contributed by atoms with E-state index in [1.165, 1.54) is 25.3 Å². The lowest BCUT2D eigenvalue weighted by Crippen LogP contribution is -2.26. The van der Waals surface area contributed by atoms with E-state index in [2.05, 4.69) is 32.7 Å². The average molecular weight is 486 g/mol. The smallest absolute Gasteiger partial charge is 0.331 e. The predicted molar refractivity (Wildman–Crippen MR) is 113 cm³/mol. The molecule has 0 aliphatic heterocycles. The molecule has 0 bridgehead atoms. The number of hydrogen-bond donors (Lipinski definition) is 0. The molecule has 0 N–H and O–H groups in total. The average Bonchev–Trinajstić information content (AvgIpc) is 3.07. The molecule has 0 aliphatic rings. The Labute approximate surface area is 173 Å². The van der Waals surface area contributed by atoms with Crippen molar-refractivity contribution in [3.63, 3.8) is 0 Å². The number of aryl methyl sites for hydroxylation is 1. The van der Waals surface area contributed by atoms with Crippen molar-refractivity contribution in [1.29, 1.82) is 0 Å². The third-order valence-corrected chi connectivity index (χ3v) is 5.00. The molecule has 0 saturated heterocycles. The van der Waals surface area contributed by atoms with E-state index < -0.39 is 5.97 Å². The normalized spacial score (nSPS) is 10.9. The summed E-state index contributed by atoms with van der Waals surface area (Å²) in [5.41, 5.74) is 2.25. The minimum Gasteiger partial charge on any atom is -0.425 e. The zero-order valence-electron chi connectivity index (χ0n) is 14.9. The van der Waals surface area contributed by atoms with Crippen molar-refractivity contribution >= 4 is 39.6 Å². The van der Waals surface area contributed by atoms with E-state index in [0.29, 0.717) is 16.8 Å². The summed E-state index contributed by atoms with van der Waals surface area (Å²) in [5.74, 6) is -0.128. The summed E-state index contributed by atoms with van der Waals surface area (Å²) in [4.78, 5) is 28.8. The van der Waals surface area contributed by atoms with Crippen molar-refractivity contribution in [3.05, 3.63) is 75.0 Å². The fourth-order valence-corrected chi connectivity index (χ4v) is 3.20. The number of benzene rings is 2. The molecule has 0 unspecified atom stereocenters. The summed E-state index contributed by atoms with van der Waals surface area (Å²) in [6.45, 7) is -0.227. The van der Waals surface area contributed by atoms with Crippen molar-refractivity contribution in [2.75, 3.05) is 0 Å². The number of fused-ring (bicyclic) bond motifs is 1. The summed E-state index contributed by atoms with van der Waals surface area (Å²) < 4.78 is 9.24. The molecule has 2 heterocycles. The van der Waals surface area contributed by atoms with Crippen molar-refractivity contribution in [2.45, 2.75) is 6.54 Å². The molecule has 2 aromatic carbocycles. The van der Waals surface area contributed by atoms with Gasteiger partial charge in [0.05, 0.1) is 6.20 Å². The molecule has 0 radical (unpaired) electrons. The van der Waals surface area contributed by atoms with Crippen LogP contribution in [0.1, 0.15) is 0 Å². The second kappa shape index (κ2) is 7.55. The van der Waals surface area contributed by atoms with Gasteiger partial charge in [-0.1, -0.05) is 24.3 Å². The van der Waals surface area contributed by atoms with Gasteiger partial charge in [-0.15, -0.1) is 0 Å². The largest absolute Gasteiger partial charge is 0.425 e. The number of esters is 1. The Morgan fingerprint density at radius 2 is 1.71 bits per heavy atom. The molecule has 0 spiro atoms. The number of carbonyl (C=O) groups excluding carboxylic acids is 1. The minimum atomic E-state index is -0.547. The van der Waals surface area contributed by atoms with E-state index in [0.717, 1.165) is 11.1 Å². The molecule has 0 saturated carbocycles. The van der Waals surface area contributed by atoms with Crippen LogP contribution >= 0.6 is 22.6 Å². The molecule has 140 valence electrons. The SMILES string of the molecule is Cn1ncc2c(=O)n(CC(=O)Oc3ccc(-c4ccc(I)cc4)cc3)cnc21. The van der Waals surface area contributed by atoms with Gasteiger partial charge < -0.3 is 4.74 Å². The van der Waals surface area contributed by atoms with Crippen LogP contribution in [0.25, 0.3) is 22.2 Å². The zero-order valence-corrected chi connectivity index (χ0v) is 17.0. The molecule has 2 aromatic heterocycles. The Balaban J connectivity index is 1.47. The van der Waals surface area contributed by atoms with Gasteiger partial charge in [0.2, 0.25) is 0 Å². The molecule has 0 fully saturated rings.